The Morgan fingerprint density at radius 1 is 1.12 bits per heavy atom. The third-order valence-corrected chi connectivity index (χ3v) is 5.40. The minimum absolute atomic E-state index is 0.120. The van der Waals surface area contributed by atoms with Crippen LogP contribution in [0.4, 0.5) is 0 Å². The lowest BCUT2D eigenvalue weighted by atomic mass is 9.85. The van der Waals surface area contributed by atoms with Gasteiger partial charge in [0.05, 0.1) is 11.8 Å². The second kappa shape index (κ2) is 5.72. The first-order valence-corrected chi connectivity index (χ1v) is 8.55. The summed E-state index contributed by atoms with van der Waals surface area (Å²) >= 11 is 0. The Balaban J connectivity index is 1.42. The number of allylic oxidation sites excluding steroid dienone is 2. The predicted octanol–water partition coefficient (Wildman–Crippen LogP) is 1.60. The van der Waals surface area contributed by atoms with Crippen molar-refractivity contribution in [2.45, 2.75) is 26.4 Å². The fourth-order valence-electron chi connectivity index (χ4n) is 4.09. The number of hydrazine groups is 1. The number of hydrogen-bond acceptors (Lipinski definition) is 4. The Morgan fingerprint density at radius 3 is 2.24 bits per heavy atom. The maximum absolute atomic E-state index is 12.6. The smallest absolute Gasteiger partial charge is 0.279 e. The summed E-state index contributed by atoms with van der Waals surface area (Å²) < 4.78 is 5.59. The van der Waals surface area contributed by atoms with Crippen LogP contribution in [0.1, 0.15) is 18.9 Å². The number of aryl methyl sites for hydroxylation is 1. The maximum atomic E-state index is 12.6. The van der Waals surface area contributed by atoms with Crippen LogP contribution in [-0.4, -0.2) is 28.8 Å². The van der Waals surface area contributed by atoms with E-state index >= 15 is 0 Å². The van der Waals surface area contributed by atoms with Crippen molar-refractivity contribution in [3.05, 3.63) is 42.0 Å². The van der Waals surface area contributed by atoms with Gasteiger partial charge in [-0.3, -0.25) is 19.8 Å². The van der Waals surface area contributed by atoms with E-state index in [0.717, 1.165) is 17.0 Å². The van der Waals surface area contributed by atoms with Crippen LogP contribution < -0.4 is 10.2 Å². The quantitative estimate of drug-likeness (QED) is 0.667. The number of amides is 3. The molecule has 1 aromatic carbocycles. The van der Waals surface area contributed by atoms with Crippen molar-refractivity contribution in [1.29, 1.82) is 0 Å². The van der Waals surface area contributed by atoms with Gasteiger partial charge in [-0.1, -0.05) is 29.8 Å². The normalized spacial score (nSPS) is 30.6. The molecular weight excluding hydrogens is 320 g/mol. The molecule has 1 N–H and O–H groups in total. The van der Waals surface area contributed by atoms with Gasteiger partial charge in [0.1, 0.15) is 5.75 Å². The van der Waals surface area contributed by atoms with Gasteiger partial charge in [-0.2, -0.15) is 5.01 Å². The molecule has 130 valence electrons. The van der Waals surface area contributed by atoms with Gasteiger partial charge in [0.25, 0.3) is 17.7 Å². The molecule has 1 aliphatic heterocycles. The molecule has 0 unspecified atom stereocenters. The van der Waals surface area contributed by atoms with Crippen molar-refractivity contribution in [2.24, 2.45) is 23.7 Å². The van der Waals surface area contributed by atoms with E-state index in [-0.39, 0.29) is 35.5 Å². The number of rotatable bonds is 4. The fourth-order valence-corrected chi connectivity index (χ4v) is 4.09. The van der Waals surface area contributed by atoms with Gasteiger partial charge >= 0.3 is 0 Å². The molecule has 2 fully saturated rings. The Hall–Kier alpha value is -2.63. The summed E-state index contributed by atoms with van der Waals surface area (Å²) in [5.41, 5.74) is 3.54. The highest BCUT2D eigenvalue weighted by Crippen LogP contribution is 2.52. The minimum Gasteiger partial charge on any atom is -0.481 e. The molecule has 1 saturated heterocycles. The molecule has 1 aromatic rings. The molecule has 0 spiro atoms. The summed E-state index contributed by atoms with van der Waals surface area (Å²) in [6.07, 6.45) is 4.08. The van der Waals surface area contributed by atoms with Crippen LogP contribution >= 0.6 is 0 Å². The molecule has 2 aliphatic carbocycles. The Kier molecular flexibility index (Phi) is 3.63. The molecule has 3 amide bonds. The van der Waals surface area contributed by atoms with Crippen LogP contribution in [0.2, 0.25) is 0 Å². The summed E-state index contributed by atoms with van der Waals surface area (Å²) in [5.74, 6) is -0.962. The number of nitrogens with zero attached hydrogens (tertiary/aromatic N) is 1. The molecular formula is C19H20N2O4. The van der Waals surface area contributed by atoms with Crippen LogP contribution in [0.15, 0.2) is 36.4 Å². The highest BCUT2D eigenvalue weighted by Gasteiger charge is 2.59. The predicted molar refractivity (Wildman–Crippen MR) is 89.0 cm³/mol. The first kappa shape index (κ1) is 15.9. The number of carbonyl (C=O) groups is 3. The first-order valence-electron chi connectivity index (χ1n) is 8.55. The van der Waals surface area contributed by atoms with E-state index in [1.54, 1.807) is 19.1 Å². The monoisotopic (exact) mass is 340 g/mol. The molecule has 4 rings (SSSR count). The summed E-state index contributed by atoms with van der Waals surface area (Å²) in [6, 6.07) is 7.33. The van der Waals surface area contributed by atoms with Gasteiger partial charge in [-0.05, 0) is 44.2 Å². The van der Waals surface area contributed by atoms with Gasteiger partial charge in [0.2, 0.25) is 0 Å². The molecule has 6 nitrogen and oxygen atoms in total. The van der Waals surface area contributed by atoms with E-state index in [9.17, 15) is 14.4 Å². The van der Waals surface area contributed by atoms with Gasteiger partial charge in [-0.25, -0.2) is 0 Å². The fraction of sp³-hybridized carbons (Fsp3) is 0.421. The zero-order valence-corrected chi connectivity index (χ0v) is 14.1. The lowest BCUT2D eigenvalue weighted by molar-refractivity contribution is -0.151. The van der Waals surface area contributed by atoms with Crippen LogP contribution in [0.25, 0.3) is 0 Å². The Labute approximate surface area is 145 Å². The van der Waals surface area contributed by atoms with Crippen molar-refractivity contribution >= 4 is 17.7 Å². The van der Waals surface area contributed by atoms with Crippen molar-refractivity contribution in [3.8, 4) is 5.75 Å². The van der Waals surface area contributed by atoms with E-state index in [1.807, 2.05) is 31.2 Å². The van der Waals surface area contributed by atoms with Crippen molar-refractivity contribution in [1.82, 2.24) is 10.4 Å². The van der Waals surface area contributed by atoms with Crippen LogP contribution in [0, 0.1) is 30.6 Å². The van der Waals surface area contributed by atoms with Gasteiger partial charge in [-0.15, -0.1) is 0 Å². The van der Waals surface area contributed by atoms with E-state index < -0.39 is 12.0 Å². The molecule has 3 aliphatic rings. The van der Waals surface area contributed by atoms with Crippen molar-refractivity contribution in [3.63, 3.8) is 0 Å². The van der Waals surface area contributed by atoms with Crippen LogP contribution in [0.5, 0.6) is 5.75 Å². The molecule has 0 aromatic heterocycles. The number of imide groups is 1. The first-order chi connectivity index (χ1) is 12.0. The molecule has 5 atom stereocenters. The van der Waals surface area contributed by atoms with Crippen molar-refractivity contribution < 1.29 is 19.1 Å². The SMILES string of the molecule is Cc1ccc(O[C@@H](C)C(=O)NN2C(=O)[C@@H]3[C@@H](C2=O)[C@H]2C=C[C@H]3C2)cc1. The molecule has 2 bridgehead atoms. The minimum atomic E-state index is -0.821. The zero-order valence-electron chi connectivity index (χ0n) is 14.1. The Bertz CT molecular complexity index is 740. The molecule has 1 saturated carbocycles. The van der Waals surface area contributed by atoms with Gasteiger partial charge < -0.3 is 4.74 Å². The molecule has 0 radical (unpaired) electrons. The zero-order chi connectivity index (χ0) is 17.7. The van der Waals surface area contributed by atoms with Crippen LogP contribution in [0.3, 0.4) is 0 Å². The highest BCUT2D eigenvalue weighted by molar-refractivity contribution is 6.07. The second-order valence-corrected chi connectivity index (χ2v) is 7.06. The van der Waals surface area contributed by atoms with Gasteiger partial charge in [0.15, 0.2) is 6.10 Å². The van der Waals surface area contributed by atoms with Crippen molar-refractivity contribution in [2.75, 3.05) is 0 Å². The standard InChI is InChI=1S/C19H20N2O4/c1-10-3-7-14(8-4-10)25-11(2)17(22)20-21-18(23)15-12-5-6-13(9-12)16(15)19(21)24/h3-8,11-13,15-16H,9H2,1-2H3,(H,20,22)/t11-,12-,13-,15-,16-/m0/s1. The molecule has 25 heavy (non-hydrogen) atoms. The van der Waals surface area contributed by atoms with Gasteiger partial charge in [0, 0.05) is 0 Å². The highest BCUT2D eigenvalue weighted by atomic mass is 16.5. The lowest BCUT2D eigenvalue weighted by Crippen LogP contribution is -2.51. The summed E-state index contributed by atoms with van der Waals surface area (Å²) in [7, 11) is 0. The van der Waals surface area contributed by atoms with E-state index in [0.29, 0.717) is 5.75 Å². The number of ether oxygens (including phenoxy) is 1. The lowest BCUT2D eigenvalue weighted by Gasteiger charge is -2.21. The Morgan fingerprint density at radius 2 is 1.68 bits per heavy atom. The third kappa shape index (κ3) is 2.52. The summed E-state index contributed by atoms with van der Waals surface area (Å²) in [5, 5.41) is 0.902. The summed E-state index contributed by atoms with van der Waals surface area (Å²) in [4.78, 5) is 37.5. The molecule has 6 heteroatoms. The number of fused-ring (bicyclic) bond motifs is 5. The molecule has 1 heterocycles. The average molecular weight is 340 g/mol. The maximum Gasteiger partial charge on any atom is 0.279 e. The average Bonchev–Trinajstić information content (AvgIpc) is 3.26. The van der Waals surface area contributed by atoms with E-state index in [1.165, 1.54) is 0 Å². The topological polar surface area (TPSA) is 75.7 Å². The van der Waals surface area contributed by atoms with E-state index in [2.05, 4.69) is 5.43 Å². The third-order valence-electron chi connectivity index (χ3n) is 5.40. The second-order valence-electron chi connectivity index (χ2n) is 7.06. The number of benzene rings is 1. The van der Waals surface area contributed by atoms with Crippen LogP contribution in [-0.2, 0) is 14.4 Å². The number of nitrogens with one attached hydrogen (secondary N) is 1. The largest absolute Gasteiger partial charge is 0.481 e. The van der Waals surface area contributed by atoms with E-state index in [4.69, 9.17) is 4.74 Å². The summed E-state index contributed by atoms with van der Waals surface area (Å²) in [6.45, 7) is 3.55. The number of carbonyl (C=O) groups excluding carboxylic acids is 3. The number of hydrogen-bond donors (Lipinski definition) is 1.